The summed E-state index contributed by atoms with van der Waals surface area (Å²) in [7, 11) is 4.66. The molecule has 0 saturated heterocycles. The number of hydrogen-bond acceptors (Lipinski definition) is 7. The lowest BCUT2D eigenvalue weighted by Crippen LogP contribution is -2.22. The van der Waals surface area contributed by atoms with Crippen LogP contribution in [-0.4, -0.2) is 53.7 Å². The van der Waals surface area contributed by atoms with Crippen molar-refractivity contribution in [1.29, 1.82) is 0 Å². The summed E-state index contributed by atoms with van der Waals surface area (Å²) in [6.45, 7) is 0.347. The third-order valence-electron chi connectivity index (χ3n) is 3.63. The highest BCUT2D eigenvalue weighted by molar-refractivity contribution is 5.91. The maximum Gasteiger partial charge on any atom is 0.288 e. The minimum Gasteiger partial charge on any atom is -0.496 e. The highest BCUT2D eigenvalue weighted by atomic mass is 16.5. The number of nitrogens with one attached hydrogen (secondary N) is 3. The van der Waals surface area contributed by atoms with E-state index in [4.69, 9.17) is 20.9 Å². The Labute approximate surface area is 173 Å². The van der Waals surface area contributed by atoms with Crippen molar-refractivity contribution in [3.63, 3.8) is 0 Å². The molecule has 0 unspecified atom stereocenters. The van der Waals surface area contributed by atoms with Crippen LogP contribution >= 0.6 is 0 Å². The quantitative estimate of drug-likeness (QED) is 0.296. The van der Waals surface area contributed by atoms with Gasteiger partial charge in [0.25, 0.3) is 6.02 Å². The summed E-state index contributed by atoms with van der Waals surface area (Å²) in [6, 6.07) is 9.12. The minimum absolute atomic E-state index is 0.115. The molecule has 1 aromatic carbocycles. The molecule has 0 atom stereocenters. The molecule has 7 N–H and O–H groups in total. The number of nitrogens with zero attached hydrogens (tertiary/aromatic N) is 4. The molecule has 0 amide bonds. The number of nitrogens with two attached hydrogens (primary N) is 2. The van der Waals surface area contributed by atoms with E-state index in [1.165, 1.54) is 7.11 Å². The maximum absolute atomic E-state index is 5.81. The molecule has 0 fully saturated rings. The summed E-state index contributed by atoms with van der Waals surface area (Å²) >= 11 is 0. The fourth-order valence-corrected chi connectivity index (χ4v) is 2.23. The molecule has 12 heteroatoms. The Morgan fingerprint density at radius 1 is 1.00 bits per heavy atom. The third kappa shape index (κ3) is 6.74. The Morgan fingerprint density at radius 2 is 1.67 bits per heavy atom. The van der Waals surface area contributed by atoms with Crippen LogP contribution in [-0.2, 0) is 11.3 Å². The van der Waals surface area contributed by atoms with Gasteiger partial charge in [0.15, 0.2) is 11.8 Å². The average molecular weight is 415 g/mol. The second kappa shape index (κ2) is 11.6. The van der Waals surface area contributed by atoms with E-state index in [2.05, 4.69) is 40.4 Å². The van der Waals surface area contributed by atoms with Crippen molar-refractivity contribution in [3.8, 4) is 11.5 Å². The van der Waals surface area contributed by atoms with E-state index in [9.17, 15) is 0 Å². The van der Waals surface area contributed by atoms with E-state index >= 15 is 0 Å². The smallest absolute Gasteiger partial charge is 0.288 e. The summed E-state index contributed by atoms with van der Waals surface area (Å²) in [4.78, 5) is 8.05. The van der Waals surface area contributed by atoms with Crippen molar-refractivity contribution in [2.45, 2.75) is 6.54 Å². The Kier molecular flexibility index (Phi) is 8.52. The number of aliphatic imine (C=N–C) groups is 2. The van der Waals surface area contributed by atoms with Crippen LogP contribution in [0, 0.1) is 0 Å². The number of anilines is 1. The number of aromatic nitrogens is 4. The van der Waals surface area contributed by atoms with Gasteiger partial charge in [-0.15, -0.1) is 0 Å². The first-order valence-electron chi connectivity index (χ1n) is 8.71. The van der Waals surface area contributed by atoms with Gasteiger partial charge in [-0.25, -0.2) is 4.99 Å². The normalized spacial score (nSPS) is 11.3. The largest absolute Gasteiger partial charge is 0.496 e. The first-order valence-corrected chi connectivity index (χ1v) is 8.71. The SMILES string of the molecule is COC(N)=Nc1ccn[nH]1.COc1cccc(OC)c1CN=C(N)Nc1ccn[nH]1. The molecule has 0 spiro atoms. The molecule has 0 saturated carbocycles. The first-order chi connectivity index (χ1) is 14.6. The topological polar surface area (TPSA) is 174 Å². The summed E-state index contributed by atoms with van der Waals surface area (Å²) in [5, 5.41) is 15.7. The highest BCUT2D eigenvalue weighted by Gasteiger charge is 2.09. The summed E-state index contributed by atoms with van der Waals surface area (Å²) in [6.07, 6.45) is 3.21. The molecule has 2 heterocycles. The van der Waals surface area contributed by atoms with Gasteiger partial charge in [-0.3, -0.25) is 10.2 Å². The number of methoxy groups -OCH3 is 3. The van der Waals surface area contributed by atoms with Crippen molar-refractivity contribution in [2.24, 2.45) is 21.5 Å². The number of aromatic amines is 2. The number of amidine groups is 1. The van der Waals surface area contributed by atoms with Crippen molar-refractivity contribution in [3.05, 3.63) is 48.3 Å². The van der Waals surface area contributed by atoms with Crippen LogP contribution in [0.15, 0.2) is 52.7 Å². The predicted molar refractivity (Wildman–Crippen MR) is 114 cm³/mol. The molecule has 0 radical (unpaired) electrons. The fraction of sp³-hybridized carbons (Fsp3) is 0.222. The first kappa shape index (κ1) is 22.1. The lowest BCUT2D eigenvalue weighted by molar-refractivity contribution is 0.385. The van der Waals surface area contributed by atoms with E-state index in [0.29, 0.717) is 29.7 Å². The van der Waals surface area contributed by atoms with Gasteiger partial charge in [-0.2, -0.15) is 15.2 Å². The van der Waals surface area contributed by atoms with Crippen molar-refractivity contribution in [2.75, 3.05) is 26.6 Å². The van der Waals surface area contributed by atoms with E-state index < -0.39 is 0 Å². The molecule has 0 bridgehead atoms. The van der Waals surface area contributed by atoms with Crippen LogP contribution in [0.25, 0.3) is 0 Å². The number of guanidine groups is 1. The average Bonchev–Trinajstić information content (AvgIpc) is 3.46. The van der Waals surface area contributed by atoms with Gasteiger partial charge in [0.1, 0.15) is 17.3 Å². The van der Waals surface area contributed by atoms with Gasteiger partial charge in [0, 0.05) is 12.1 Å². The zero-order valence-corrected chi connectivity index (χ0v) is 16.9. The van der Waals surface area contributed by atoms with Gasteiger partial charge in [-0.1, -0.05) is 6.07 Å². The molecule has 160 valence electrons. The maximum atomic E-state index is 5.81. The van der Waals surface area contributed by atoms with E-state index in [1.54, 1.807) is 38.7 Å². The van der Waals surface area contributed by atoms with E-state index in [-0.39, 0.29) is 12.0 Å². The number of hydrogen-bond donors (Lipinski definition) is 5. The third-order valence-corrected chi connectivity index (χ3v) is 3.63. The monoisotopic (exact) mass is 415 g/mol. The zero-order valence-electron chi connectivity index (χ0n) is 16.9. The summed E-state index contributed by atoms with van der Waals surface area (Å²) in [5.41, 5.74) is 11.9. The highest BCUT2D eigenvalue weighted by Crippen LogP contribution is 2.28. The van der Waals surface area contributed by atoms with Gasteiger partial charge in [0.05, 0.1) is 45.8 Å². The van der Waals surface area contributed by atoms with Crippen molar-refractivity contribution < 1.29 is 14.2 Å². The van der Waals surface area contributed by atoms with Crippen LogP contribution in [0.1, 0.15) is 5.56 Å². The minimum atomic E-state index is 0.115. The summed E-state index contributed by atoms with van der Waals surface area (Å²) in [5.74, 6) is 2.96. The number of benzene rings is 1. The Hall–Kier alpha value is -4.22. The lowest BCUT2D eigenvalue weighted by Gasteiger charge is -2.11. The van der Waals surface area contributed by atoms with Crippen LogP contribution < -0.4 is 26.3 Å². The van der Waals surface area contributed by atoms with Crippen molar-refractivity contribution in [1.82, 2.24) is 20.4 Å². The Bertz CT molecular complexity index is 916. The lowest BCUT2D eigenvalue weighted by atomic mass is 10.2. The van der Waals surface area contributed by atoms with Crippen LogP contribution in [0.5, 0.6) is 11.5 Å². The molecule has 0 aliphatic carbocycles. The van der Waals surface area contributed by atoms with Gasteiger partial charge < -0.3 is 31.0 Å². The molecule has 0 aliphatic heterocycles. The molecular formula is C18H25N9O3. The van der Waals surface area contributed by atoms with Crippen molar-refractivity contribution >= 4 is 23.6 Å². The van der Waals surface area contributed by atoms with E-state index in [1.807, 2.05) is 18.2 Å². The molecule has 3 aromatic rings. The number of ether oxygens (including phenoxy) is 3. The molecular weight excluding hydrogens is 390 g/mol. The number of rotatable bonds is 6. The second-order valence-electron chi connectivity index (χ2n) is 5.53. The molecule has 2 aromatic heterocycles. The fourth-order valence-electron chi connectivity index (χ4n) is 2.23. The molecule has 30 heavy (non-hydrogen) atoms. The second-order valence-corrected chi connectivity index (χ2v) is 5.53. The van der Waals surface area contributed by atoms with Gasteiger partial charge in [-0.05, 0) is 12.1 Å². The van der Waals surface area contributed by atoms with Crippen LogP contribution in [0.3, 0.4) is 0 Å². The number of H-pyrrole nitrogens is 2. The summed E-state index contributed by atoms with van der Waals surface area (Å²) < 4.78 is 15.2. The van der Waals surface area contributed by atoms with Gasteiger partial charge in [0.2, 0.25) is 0 Å². The van der Waals surface area contributed by atoms with Gasteiger partial charge >= 0.3 is 0 Å². The molecule has 3 rings (SSSR count). The Balaban J connectivity index is 0.000000269. The van der Waals surface area contributed by atoms with Crippen LogP contribution in [0.4, 0.5) is 11.6 Å². The molecule has 0 aliphatic rings. The molecule has 12 nitrogen and oxygen atoms in total. The van der Waals surface area contributed by atoms with Crippen LogP contribution in [0.2, 0.25) is 0 Å². The zero-order chi connectivity index (χ0) is 21.8. The predicted octanol–water partition coefficient (Wildman–Crippen LogP) is 1.36. The Morgan fingerprint density at radius 3 is 2.20 bits per heavy atom. The standard InChI is InChI=1S/C13H17N5O2.C5H8N4O/c1-19-10-4-3-5-11(20-2)9(10)8-15-13(14)17-12-6-7-16-18-12;1-10-5(6)8-4-2-3-7-9-4/h3-7H,8H2,1-2H3,(H4,14,15,16,17,18);2-3H,1H3,(H3,6,7,8,9). The van der Waals surface area contributed by atoms with E-state index in [0.717, 1.165) is 5.56 Å².